The molecule has 0 aliphatic heterocycles. The second-order valence-electron chi connectivity index (χ2n) is 7.75. The molecule has 0 spiro atoms. The van der Waals surface area contributed by atoms with Gasteiger partial charge in [-0.2, -0.15) is 0 Å². The highest BCUT2D eigenvalue weighted by Gasteiger charge is 2.20. The van der Waals surface area contributed by atoms with E-state index in [0.29, 0.717) is 12.1 Å². The monoisotopic (exact) mass is 455 g/mol. The van der Waals surface area contributed by atoms with E-state index in [9.17, 15) is 14.7 Å². The highest BCUT2D eigenvalue weighted by Crippen LogP contribution is 2.31. The third-order valence-electron chi connectivity index (χ3n) is 5.68. The highest BCUT2D eigenvalue weighted by atomic mass is 16.5. The Morgan fingerprint density at radius 3 is 2.62 bits per heavy atom. The first-order chi connectivity index (χ1) is 16.5. The lowest BCUT2D eigenvalue weighted by Gasteiger charge is -2.19. The summed E-state index contributed by atoms with van der Waals surface area (Å²) in [6.07, 6.45) is 3.06. The van der Waals surface area contributed by atoms with Crippen LogP contribution >= 0.6 is 0 Å². The lowest BCUT2D eigenvalue weighted by molar-refractivity contribution is -0.111. The molecule has 4 aromatic rings. The molecule has 0 radical (unpaired) electrons. The summed E-state index contributed by atoms with van der Waals surface area (Å²) in [6.45, 7) is 3.73. The molecule has 172 valence electrons. The average Bonchev–Trinajstić information content (AvgIpc) is 3.29. The number of carbonyl (C=O) groups excluding carboxylic acids is 2. The number of rotatable bonds is 8. The number of phenols is 1. The smallest absolute Gasteiger partial charge is 0.251 e. The predicted molar refractivity (Wildman–Crippen MR) is 132 cm³/mol. The van der Waals surface area contributed by atoms with Gasteiger partial charge < -0.3 is 25.5 Å². The largest absolute Gasteiger partial charge is 0.506 e. The van der Waals surface area contributed by atoms with Crippen molar-refractivity contribution in [3.63, 3.8) is 0 Å². The lowest BCUT2D eigenvalue weighted by atomic mass is 9.90. The van der Waals surface area contributed by atoms with Crippen LogP contribution in [0.4, 0.5) is 5.69 Å². The van der Waals surface area contributed by atoms with E-state index < -0.39 is 5.91 Å². The number of aromatic nitrogens is 1. The van der Waals surface area contributed by atoms with Gasteiger partial charge in [0.25, 0.3) is 5.91 Å². The fraction of sp³-hybridized carbons (Fsp3) is 0.111. The number of aromatic hydroxyl groups is 1. The quantitative estimate of drug-likeness (QED) is 0.231. The number of ether oxygens (including phenoxy) is 1. The Labute approximate surface area is 197 Å². The molecule has 1 aromatic heterocycles. The number of para-hydroxylation sites is 1. The molecule has 0 saturated carbocycles. The maximum atomic E-state index is 13.0. The number of amides is 2. The zero-order chi connectivity index (χ0) is 24.1. The van der Waals surface area contributed by atoms with Gasteiger partial charge in [0, 0.05) is 35.1 Å². The van der Waals surface area contributed by atoms with E-state index in [1.165, 1.54) is 18.2 Å². The van der Waals surface area contributed by atoms with E-state index in [2.05, 4.69) is 22.2 Å². The predicted octanol–water partition coefficient (Wildman–Crippen LogP) is 4.57. The number of carbonyl (C=O) groups is 2. The van der Waals surface area contributed by atoms with Gasteiger partial charge in [0.1, 0.15) is 11.5 Å². The summed E-state index contributed by atoms with van der Waals surface area (Å²) in [7, 11) is 1.62. The number of benzene rings is 3. The second-order valence-corrected chi connectivity index (χ2v) is 7.75. The van der Waals surface area contributed by atoms with Crippen LogP contribution in [0.3, 0.4) is 0 Å². The van der Waals surface area contributed by atoms with Crippen LogP contribution in [0.5, 0.6) is 11.5 Å². The molecule has 3 aromatic carbocycles. The topological polar surface area (TPSA) is 103 Å². The fourth-order valence-electron chi connectivity index (χ4n) is 3.88. The van der Waals surface area contributed by atoms with Crippen LogP contribution in [-0.2, 0) is 4.79 Å². The van der Waals surface area contributed by atoms with Crippen LogP contribution < -0.4 is 15.4 Å². The minimum atomic E-state index is -0.480. The molecule has 34 heavy (non-hydrogen) atoms. The third-order valence-corrected chi connectivity index (χ3v) is 5.68. The maximum Gasteiger partial charge on any atom is 0.251 e. The van der Waals surface area contributed by atoms with E-state index in [1.807, 2.05) is 54.7 Å². The van der Waals surface area contributed by atoms with Crippen molar-refractivity contribution in [3.8, 4) is 11.5 Å². The Morgan fingerprint density at radius 1 is 1.12 bits per heavy atom. The first kappa shape index (κ1) is 22.7. The number of phenolic OH excluding ortho intramolecular Hbond substituents is 1. The SMILES string of the molecule is C=CC(=O)Nc1cc(C(=O)NCC(c2ccc(OC)cc2)c2c[nH]c3ccccc23)ccc1O. The van der Waals surface area contributed by atoms with E-state index in [1.54, 1.807) is 7.11 Å². The van der Waals surface area contributed by atoms with Crippen LogP contribution in [0.1, 0.15) is 27.4 Å². The van der Waals surface area contributed by atoms with Gasteiger partial charge in [0.15, 0.2) is 0 Å². The highest BCUT2D eigenvalue weighted by molar-refractivity contribution is 6.02. The summed E-state index contributed by atoms with van der Waals surface area (Å²) in [5.74, 6) is -0.312. The number of anilines is 1. The van der Waals surface area contributed by atoms with Gasteiger partial charge in [-0.15, -0.1) is 0 Å². The van der Waals surface area contributed by atoms with Gasteiger partial charge in [-0.1, -0.05) is 36.9 Å². The molecule has 4 N–H and O–H groups in total. The van der Waals surface area contributed by atoms with Crippen LogP contribution in [-0.4, -0.2) is 35.6 Å². The molecule has 0 bridgehead atoms. The minimum absolute atomic E-state index is 0.122. The number of nitrogens with one attached hydrogen (secondary N) is 3. The lowest BCUT2D eigenvalue weighted by Crippen LogP contribution is -2.29. The zero-order valence-corrected chi connectivity index (χ0v) is 18.7. The molecular formula is C27H25N3O4. The van der Waals surface area contributed by atoms with Crippen molar-refractivity contribution in [2.24, 2.45) is 0 Å². The van der Waals surface area contributed by atoms with Crippen LogP contribution in [0, 0.1) is 0 Å². The third kappa shape index (κ3) is 4.78. The van der Waals surface area contributed by atoms with Crippen molar-refractivity contribution in [3.05, 3.63) is 102 Å². The van der Waals surface area contributed by atoms with Gasteiger partial charge in [-0.3, -0.25) is 9.59 Å². The first-order valence-corrected chi connectivity index (χ1v) is 10.7. The van der Waals surface area contributed by atoms with Crippen molar-refractivity contribution in [2.45, 2.75) is 5.92 Å². The molecule has 0 fully saturated rings. The molecule has 0 saturated heterocycles. The number of methoxy groups -OCH3 is 1. The van der Waals surface area contributed by atoms with Crippen LogP contribution in [0.25, 0.3) is 10.9 Å². The van der Waals surface area contributed by atoms with Gasteiger partial charge >= 0.3 is 0 Å². The molecule has 7 nitrogen and oxygen atoms in total. The molecule has 1 heterocycles. The summed E-state index contributed by atoms with van der Waals surface area (Å²) in [5, 5.41) is 16.6. The van der Waals surface area contributed by atoms with Crippen LogP contribution in [0.15, 0.2) is 85.6 Å². The van der Waals surface area contributed by atoms with Crippen LogP contribution in [0.2, 0.25) is 0 Å². The number of H-pyrrole nitrogens is 1. The van der Waals surface area contributed by atoms with Crippen molar-refractivity contribution in [2.75, 3.05) is 19.0 Å². The van der Waals surface area contributed by atoms with E-state index in [4.69, 9.17) is 4.74 Å². The summed E-state index contributed by atoms with van der Waals surface area (Å²) >= 11 is 0. The first-order valence-electron chi connectivity index (χ1n) is 10.7. The zero-order valence-electron chi connectivity index (χ0n) is 18.7. The number of hydrogen-bond donors (Lipinski definition) is 4. The second kappa shape index (κ2) is 9.95. The Hall–Kier alpha value is -4.52. The molecule has 2 amide bonds. The minimum Gasteiger partial charge on any atom is -0.506 e. The number of hydrogen-bond acceptors (Lipinski definition) is 4. The molecule has 1 unspecified atom stereocenters. The summed E-state index contributed by atoms with van der Waals surface area (Å²) < 4.78 is 5.29. The van der Waals surface area contributed by atoms with Crippen molar-refractivity contribution >= 4 is 28.4 Å². The van der Waals surface area contributed by atoms with Gasteiger partial charge in [0.2, 0.25) is 5.91 Å². The number of fused-ring (bicyclic) bond motifs is 1. The Morgan fingerprint density at radius 2 is 1.88 bits per heavy atom. The summed E-state index contributed by atoms with van der Waals surface area (Å²) in [6, 6.07) is 20.1. The van der Waals surface area contributed by atoms with E-state index in [-0.39, 0.29) is 23.3 Å². The summed E-state index contributed by atoms with van der Waals surface area (Å²) in [4.78, 5) is 27.9. The molecule has 1 atom stereocenters. The molecule has 7 heteroatoms. The Bertz CT molecular complexity index is 1340. The van der Waals surface area contributed by atoms with E-state index in [0.717, 1.165) is 33.9 Å². The van der Waals surface area contributed by atoms with Gasteiger partial charge in [0.05, 0.1) is 12.8 Å². The molecule has 0 aliphatic carbocycles. The number of aromatic amines is 1. The summed E-state index contributed by atoms with van der Waals surface area (Å²) in [5.41, 5.74) is 3.55. The van der Waals surface area contributed by atoms with Gasteiger partial charge in [-0.25, -0.2) is 0 Å². The van der Waals surface area contributed by atoms with E-state index >= 15 is 0 Å². The molecule has 4 rings (SSSR count). The van der Waals surface area contributed by atoms with Gasteiger partial charge in [-0.05, 0) is 53.6 Å². The molecular weight excluding hydrogens is 430 g/mol. The fourth-order valence-corrected chi connectivity index (χ4v) is 3.88. The van der Waals surface area contributed by atoms with Crippen molar-refractivity contribution in [1.29, 1.82) is 0 Å². The standard InChI is InChI=1S/C27H25N3O4/c1-3-26(32)30-24-14-18(10-13-25(24)31)27(33)29-15-21(17-8-11-19(34-2)12-9-17)22-16-28-23-7-5-4-6-20(22)23/h3-14,16,21,28,31H,1,15H2,2H3,(H,29,33)(H,30,32). The van der Waals surface area contributed by atoms with Crippen molar-refractivity contribution in [1.82, 2.24) is 10.3 Å². The normalized spacial score (nSPS) is 11.6. The average molecular weight is 456 g/mol. The maximum absolute atomic E-state index is 13.0. The molecule has 0 aliphatic rings. The Kier molecular flexibility index (Phi) is 6.64. The Balaban J connectivity index is 1.61. The van der Waals surface area contributed by atoms with Crippen molar-refractivity contribution < 1.29 is 19.4 Å².